The second kappa shape index (κ2) is 4.83. The topological polar surface area (TPSA) is 54.5 Å². The summed E-state index contributed by atoms with van der Waals surface area (Å²) in [5.41, 5.74) is 3.18. The molecule has 0 bridgehead atoms. The van der Waals surface area contributed by atoms with Crippen LogP contribution in [0.15, 0.2) is 34.4 Å². The number of hydrogen-bond donors (Lipinski definition) is 1. The largest absolute Gasteiger partial charge is 0.333 e. The van der Waals surface area contributed by atoms with Crippen LogP contribution in [-0.4, -0.2) is 19.9 Å². The average molecular weight is 291 g/mol. The zero-order valence-electron chi connectivity index (χ0n) is 10.4. The SMILES string of the molecule is Cc1ccc2nc(Sc3cc(Cl)nc(C)n3)[nH]c2c1. The first kappa shape index (κ1) is 12.4. The highest BCUT2D eigenvalue weighted by Crippen LogP contribution is 2.27. The Hall–Kier alpha value is -1.59. The highest BCUT2D eigenvalue weighted by atomic mass is 35.5. The molecule has 3 rings (SSSR count). The van der Waals surface area contributed by atoms with Gasteiger partial charge in [0.15, 0.2) is 5.16 Å². The van der Waals surface area contributed by atoms with Crippen LogP contribution in [0.25, 0.3) is 11.0 Å². The van der Waals surface area contributed by atoms with Crippen LogP contribution in [0.1, 0.15) is 11.4 Å². The van der Waals surface area contributed by atoms with Crippen molar-refractivity contribution < 1.29 is 0 Å². The van der Waals surface area contributed by atoms with Crippen molar-refractivity contribution >= 4 is 34.4 Å². The summed E-state index contributed by atoms with van der Waals surface area (Å²) >= 11 is 7.37. The Morgan fingerprint density at radius 1 is 1.11 bits per heavy atom. The molecular formula is C13H11ClN4S. The van der Waals surface area contributed by atoms with Gasteiger partial charge in [-0.15, -0.1) is 0 Å². The third-order valence-electron chi connectivity index (χ3n) is 2.60. The molecule has 0 aliphatic carbocycles. The van der Waals surface area contributed by atoms with Crippen LogP contribution in [0.5, 0.6) is 0 Å². The first-order chi connectivity index (χ1) is 9.10. The summed E-state index contributed by atoms with van der Waals surface area (Å²) in [4.78, 5) is 16.1. The molecule has 96 valence electrons. The van der Waals surface area contributed by atoms with E-state index in [1.807, 2.05) is 19.1 Å². The highest BCUT2D eigenvalue weighted by molar-refractivity contribution is 7.99. The summed E-state index contributed by atoms with van der Waals surface area (Å²) in [7, 11) is 0. The normalized spacial score (nSPS) is 11.1. The summed E-state index contributed by atoms with van der Waals surface area (Å²) in [6.07, 6.45) is 0. The van der Waals surface area contributed by atoms with Crippen molar-refractivity contribution in [3.05, 3.63) is 40.8 Å². The Labute approximate surface area is 119 Å². The molecule has 4 nitrogen and oxygen atoms in total. The standard InChI is InChI=1S/C13H11ClN4S/c1-7-3-4-9-10(5-7)18-13(17-9)19-12-6-11(14)15-8(2)16-12/h3-6H,1-2H3,(H,17,18). The van der Waals surface area contributed by atoms with Crippen molar-refractivity contribution in [3.8, 4) is 0 Å². The molecule has 3 aromatic rings. The summed E-state index contributed by atoms with van der Waals surface area (Å²) in [5, 5.41) is 2.03. The lowest BCUT2D eigenvalue weighted by Crippen LogP contribution is -1.90. The van der Waals surface area contributed by atoms with Crippen molar-refractivity contribution in [3.63, 3.8) is 0 Å². The van der Waals surface area contributed by atoms with E-state index in [9.17, 15) is 0 Å². The number of rotatable bonds is 2. The zero-order valence-corrected chi connectivity index (χ0v) is 12.0. The third kappa shape index (κ3) is 2.72. The predicted octanol–water partition coefficient (Wildman–Crippen LogP) is 3.77. The summed E-state index contributed by atoms with van der Waals surface area (Å²) in [6.45, 7) is 3.87. The molecule has 0 atom stereocenters. The fraction of sp³-hybridized carbons (Fsp3) is 0.154. The van der Waals surface area contributed by atoms with Crippen molar-refractivity contribution in [2.45, 2.75) is 24.0 Å². The van der Waals surface area contributed by atoms with Crippen LogP contribution in [-0.2, 0) is 0 Å². The Bertz CT molecular complexity index is 733. The number of benzene rings is 1. The van der Waals surface area contributed by atoms with Gasteiger partial charge in [-0.25, -0.2) is 15.0 Å². The number of aromatic nitrogens is 4. The van der Waals surface area contributed by atoms with Crippen LogP contribution in [0.4, 0.5) is 0 Å². The molecule has 0 aliphatic rings. The van der Waals surface area contributed by atoms with E-state index in [1.54, 1.807) is 6.07 Å². The van der Waals surface area contributed by atoms with Crippen LogP contribution in [0.2, 0.25) is 5.15 Å². The number of fused-ring (bicyclic) bond motifs is 1. The quantitative estimate of drug-likeness (QED) is 0.730. The zero-order chi connectivity index (χ0) is 13.4. The lowest BCUT2D eigenvalue weighted by molar-refractivity contribution is 0.960. The molecule has 0 saturated heterocycles. The maximum absolute atomic E-state index is 5.92. The van der Waals surface area contributed by atoms with Crippen molar-refractivity contribution in [1.82, 2.24) is 19.9 Å². The molecule has 2 heterocycles. The molecule has 0 unspecified atom stereocenters. The molecule has 0 aliphatic heterocycles. The molecule has 0 spiro atoms. The minimum absolute atomic E-state index is 0.446. The molecule has 1 aromatic carbocycles. The van der Waals surface area contributed by atoms with Gasteiger partial charge in [0.1, 0.15) is 16.0 Å². The number of H-pyrrole nitrogens is 1. The molecule has 2 aromatic heterocycles. The van der Waals surface area contributed by atoms with Crippen LogP contribution >= 0.6 is 23.4 Å². The Kier molecular flexibility index (Phi) is 3.16. The highest BCUT2D eigenvalue weighted by Gasteiger charge is 2.07. The lowest BCUT2D eigenvalue weighted by atomic mass is 10.2. The van der Waals surface area contributed by atoms with E-state index in [0.717, 1.165) is 21.2 Å². The van der Waals surface area contributed by atoms with E-state index in [-0.39, 0.29) is 0 Å². The van der Waals surface area contributed by atoms with Gasteiger partial charge in [-0.2, -0.15) is 0 Å². The maximum atomic E-state index is 5.92. The molecule has 1 N–H and O–H groups in total. The monoisotopic (exact) mass is 290 g/mol. The number of halogens is 1. The Morgan fingerprint density at radius 2 is 1.95 bits per heavy atom. The van der Waals surface area contributed by atoms with Gasteiger partial charge < -0.3 is 4.98 Å². The molecule has 0 fully saturated rings. The molecule has 0 amide bonds. The minimum atomic E-state index is 0.446. The van der Waals surface area contributed by atoms with E-state index in [1.165, 1.54) is 17.3 Å². The van der Waals surface area contributed by atoms with E-state index in [2.05, 4.69) is 32.9 Å². The smallest absolute Gasteiger partial charge is 0.172 e. The first-order valence-corrected chi connectivity index (χ1v) is 6.95. The molecule has 19 heavy (non-hydrogen) atoms. The van der Waals surface area contributed by atoms with Gasteiger partial charge in [-0.3, -0.25) is 0 Å². The van der Waals surface area contributed by atoms with Crippen LogP contribution in [0.3, 0.4) is 0 Å². The summed E-state index contributed by atoms with van der Waals surface area (Å²) in [6, 6.07) is 7.86. The summed E-state index contributed by atoms with van der Waals surface area (Å²) < 4.78 is 0. The third-order valence-corrected chi connectivity index (χ3v) is 3.60. The average Bonchev–Trinajstić information content (AvgIpc) is 2.68. The molecule has 0 radical (unpaired) electrons. The van der Waals surface area contributed by atoms with E-state index in [0.29, 0.717) is 11.0 Å². The molecular weight excluding hydrogens is 280 g/mol. The Balaban J connectivity index is 1.96. The predicted molar refractivity (Wildman–Crippen MR) is 76.7 cm³/mol. The minimum Gasteiger partial charge on any atom is -0.333 e. The fourth-order valence-electron chi connectivity index (χ4n) is 1.81. The van der Waals surface area contributed by atoms with Crippen molar-refractivity contribution in [2.75, 3.05) is 0 Å². The van der Waals surface area contributed by atoms with E-state index >= 15 is 0 Å². The molecule has 6 heteroatoms. The lowest BCUT2D eigenvalue weighted by Gasteiger charge is -1.99. The Morgan fingerprint density at radius 3 is 2.74 bits per heavy atom. The number of aryl methyl sites for hydroxylation is 2. The van der Waals surface area contributed by atoms with Gasteiger partial charge in [0, 0.05) is 6.07 Å². The van der Waals surface area contributed by atoms with E-state index in [4.69, 9.17) is 11.6 Å². The number of imidazole rings is 1. The first-order valence-electron chi connectivity index (χ1n) is 5.75. The van der Waals surface area contributed by atoms with Crippen LogP contribution < -0.4 is 0 Å². The van der Waals surface area contributed by atoms with Crippen molar-refractivity contribution in [1.29, 1.82) is 0 Å². The van der Waals surface area contributed by atoms with Gasteiger partial charge in [-0.05, 0) is 43.3 Å². The maximum Gasteiger partial charge on any atom is 0.172 e. The number of nitrogens with one attached hydrogen (secondary N) is 1. The number of hydrogen-bond acceptors (Lipinski definition) is 4. The fourth-order valence-corrected chi connectivity index (χ4v) is 2.95. The number of aromatic amines is 1. The van der Waals surface area contributed by atoms with Gasteiger partial charge in [0.25, 0.3) is 0 Å². The van der Waals surface area contributed by atoms with Crippen molar-refractivity contribution in [2.24, 2.45) is 0 Å². The van der Waals surface area contributed by atoms with Gasteiger partial charge in [0.05, 0.1) is 11.0 Å². The van der Waals surface area contributed by atoms with E-state index < -0.39 is 0 Å². The second-order valence-electron chi connectivity index (χ2n) is 4.24. The summed E-state index contributed by atoms with van der Waals surface area (Å²) in [5.74, 6) is 0.655. The van der Waals surface area contributed by atoms with Crippen LogP contribution in [0, 0.1) is 13.8 Å². The van der Waals surface area contributed by atoms with Gasteiger partial charge in [-0.1, -0.05) is 17.7 Å². The number of nitrogens with zero attached hydrogens (tertiary/aromatic N) is 3. The molecule has 0 saturated carbocycles. The second-order valence-corrected chi connectivity index (χ2v) is 5.64. The van der Waals surface area contributed by atoms with Gasteiger partial charge in [0.2, 0.25) is 0 Å². The van der Waals surface area contributed by atoms with Gasteiger partial charge >= 0.3 is 0 Å².